The van der Waals surface area contributed by atoms with Crippen molar-refractivity contribution in [3.05, 3.63) is 0 Å². The van der Waals surface area contributed by atoms with Crippen LogP contribution in [-0.2, 0) is 14.5 Å². The number of hydrogen-bond acceptors (Lipinski definition) is 4. The first kappa shape index (κ1) is 4.55. The third-order valence-corrected chi connectivity index (χ3v) is 0.623. The van der Waals surface area contributed by atoms with Gasteiger partial charge in [-0.05, 0) is 5.64 Å². The summed E-state index contributed by atoms with van der Waals surface area (Å²) in [7, 11) is 0. The van der Waals surface area contributed by atoms with Crippen LogP contribution in [0.1, 0.15) is 6.42 Å². The first-order valence-electron chi connectivity index (χ1n) is 1.96. The van der Waals surface area contributed by atoms with Gasteiger partial charge in [0.25, 0.3) is 0 Å². The molecule has 0 atom stereocenters. The SMILES string of the molecule is O=C1CCONO1. The van der Waals surface area contributed by atoms with Crippen molar-refractivity contribution in [1.82, 2.24) is 5.64 Å². The van der Waals surface area contributed by atoms with Gasteiger partial charge in [0.05, 0.1) is 13.0 Å². The van der Waals surface area contributed by atoms with Gasteiger partial charge >= 0.3 is 5.97 Å². The van der Waals surface area contributed by atoms with Gasteiger partial charge in [-0.3, -0.25) is 9.63 Å². The number of hydrogen-bond donors (Lipinski definition) is 1. The molecular weight excluding hydrogens is 98.0 g/mol. The van der Waals surface area contributed by atoms with Crippen LogP contribution in [0, 0.1) is 0 Å². The molecule has 0 spiro atoms. The predicted octanol–water partition coefficient (Wildman–Crippen LogP) is -0.631. The lowest BCUT2D eigenvalue weighted by molar-refractivity contribution is -0.211. The van der Waals surface area contributed by atoms with E-state index in [9.17, 15) is 4.79 Å². The third kappa shape index (κ3) is 1.13. The van der Waals surface area contributed by atoms with Crippen LogP contribution >= 0.6 is 0 Å². The van der Waals surface area contributed by atoms with E-state index < -0.39 is 0 Å². The van der Waals surface area contributed by atoms with E-state index in [-0.39, 0.29) is 5.97 Å². The fourth-order valence-corrected chi connectivity index (χ4v) is 0.303. The van der Waals surface area contributed by atoms with Crippen molar-refractivity contribution in [2.24, 2.45) is 0 Å². The minimum absolute atomic E-state index is 0.272. The highest BCUT2D eigenvalue weighted by Gasteiger charge is 2.07. The van der Waals surface area contributed by atoms with Crippen LogP contribution < -0.4 is 5.64 Å². The lowest BCUT2D eigenvalue weighted by Crippen LogP contribution is -2.27. The van der Waals surface area contributed by atoms with Gasteiger partial charge in [-0.15, -0.1) is 0 Å². The number of rotatable bonds is 0. The molecule has 0 unspecified atom stereocenters. The number of carbonyl (C=O) groups excluding carboxylic acids is 1. The van der Waals surface area contributed by atoms with Crippen molar-refractivity contribution < 1.29 is 14.5 Å². The van der Waals surface area contributed by atoms with E-state index in [1.165, 1.54) is 0 Å². The van der Waals surface area contributed by atoms with E-state index in [2.05, 4.69) is 9.68 Å². The summed E-state index contributed by atoms with van der Waals surface area (Å²) < 4.78 is 0. The Kier molecular flexibility index (Phi) is 1.24. The Hall–Kier alpha value is -0.610. The molecule has 1 aliphatic rings. The minimum atomic E-state index is -0.272. The van der Waals surface area contributed by atoms with E-state index in [4.69, 9.17) is 0 Å². The van der Waals surface area contributed by atoms with Crippen LogP contribution in [0.25, 0.3) is 0 Å². The largest absolute Gasteiger partial charge is 0.345 e. The van der Waals surface area contributed by atoms with Gasteiger partial charge in [-0.2, -0.15) is 0 Å². The molecule has 0 aromatic heterocycles. The molecular formula is C3H5NO3. The summed E-state index contributed by atoms with van der Waals surface area (Å²) in [4.78, 5) is 18.7. The lowest BCUT2D eigenvalue weighted by Gasteiger charge is -2.09. The zero-order valence-electron chi connectivity index (χ0n) is 3.64. The minimum Gasteiger partial charge on any atom is -0.345 e. The van der Waals surface area contributed by atoms with Crippen molar-refractivity contribution in [2.45, 2.75) is 6.42 Å². The molecule has 1 N–H and O–H groups in total. The van der Waals surface area contributed by atoms with Crippen LogP contribution in [0.4, 0.5) is 0 Å². The quantitative estimate of drug-likeness (QED) is 0.443. The second-order valence-electron chi connectivity index (χ2n) is 1.16. The zero-order valence-corrected chi connectivity index (χ0v) is 3.64. The highest BCUT2D eigenvalue weighted by atomic mass is 16.9. The van der Waals surface area contributed by atoms with E-state index in [0.717, 1.165) is 0 Å². The van der Waals surface area contributed by atoms with Crippen LogP contribution in [0.5, 0.6) is 0 Å². The molecule has 4 heteroatoms. The molecule has 1 fully saturated rings. The lowest BCUT2D eigenvalue weighted by atomic mass is 10.5. The summed E-state index contributed by atoms with van der Waals surface area (Å²) in [5.74, 6) is -0.272. The predicted molar refractivity (Wildman–Crippen MR) is 19.8 cm³/mol. The van der Waals surface area contributed by atoms with E-state index in [1.54, 1.807) is 0 Å². The molecule has 0 saturated carbocycles. The van der Waals surface area contributed by atoms with Gasteiger partial charge in [-0.25, -0.2) is 0 Å². The highest BCUT2D eigenvalue weighted by Crippen LogP contribution is 1.89. The first-order valence-corrected chi connectivity index (χ1v) is 1.96. The Morgan fingerprint density at radius 1 is 1.71 bits per heavy atom. The van der Waals surface area contributed by atoms with E-state index in [1.807, 2.05) is 5.64 Å². The Morgan fingerprint density at radius 2 is 2.57 bits per heavy atom. The molecule has 0 aliphatic carbocycles. The zero-order chi connectivity index (χ0) is 5.11. The second-order valence-corrected chi connectivity index (χ2v) is 1.16. The first-order chi connectivity index (χ1) is 3.39. The maximum absolute atomic E-state index is 10.1. The van der Waals surface area contributed by atoms with Crippen LogP contribution in [0.15, 0.2) is 0 Å². The molecule has 1 aliphatic heterocycles. The van der Waals surface area contributed by atoms with Crippen molar-refractivity contribution in [1.29, 1.82) is 0 Å². The maximum Gasteiger partial charge on any atom is 0.330 e. The van der Waals surface area contributed by atoms with Gasteiger partial charge in [0, 0.05) is 0 Å². The molecule has 0 radical (unpaired) electrons. The van der Waals surface area contributed by atoms with E-state index >= 15 is 0 Å². The smallest absolute Gasteiger partial charge is 0.330 e. The van der Waals surface area contributed by atoms with E-state index in [0.29, 0.717) is 13.0 Å². The van der Waals surface area contributed by atoms with Crippen LogP contribution in [-0.4, -0.2) is 12.6 Å². The number of nitrogens with one attached hydrogen (secondary N) is 1. The molecule has 7 heavy (non-hydrogen) atoms. The van der Waals surface area contributed by atoms with Gasteiger partial charge < -0.3 is 4.84 Å². The molecule has 4 nitrogen and oxygen atoms in total. The monoisotopic (exact) mass is 103 g/mol. The van der Waals surface area contributed by atoms with Gasteiger partial charge in [0.2, 0.25) is 0 Å². The highest BCUT2D eigenvalue weighted by molar-refractivity contribution is 5.69. The Labute approximate surface area is 40.3 Å². The van der Waals surface area contributed by atoms with Crippen molar-refractivity contribution >= 4 is 5.97 Å². The number of carbonyl (C=O) groups is 1. The normalized spacial score (nSPS) is 21.4. The summed E-state index contributed by atoms with van der Waals surface area (Å²) >= 11 is 0. The standard InChI is InChI=1S/C3H5NO3/c5-3-1-2-6-4-7-3/h4H,1-2H2. The topological polar surface area (TPSA) is 47.6 Å². The summed E-state index contributed by atoms with van der Waals surface area (Å²) in [5, 5.41) is 0. The average Bonchev–Trinajstić information content (AvgIpc) is 1.69. The van der Waals surface area contributed by atoms with Gasteiger partial charge in [0.1, 0.15) is 0 Å². The van der Waals surface area contributed by atoms with Crippen molar-refractivity contribution in [3.63, 3.8) is 0 Å². The molecule has 1 rings (SSSR count). The molecule has 0 aromatic carbocycles. The third-order valence-electron chi connectivity index (χ3n) is 0.623. The molecule has 0 amide bonds. The summed E-state index contributed by atoms with van der Waals surface area (Å²) in [5.41, 5.74) is 1.98. The molecule has 0 aromatic rings. The van der Waals surface area contributed by atoms with Crippen LogP contribution in [0.2, 0.25) is 0 Å². The Balaban J connectivity index is 2.25. The molecule has 0 bridgehead atoms. The fraction of sp³-hybridized carbons (Fsp3) is 0.667. The van der Waals surface area contributed by atoms with Gasteiger partial charge in [0.15, 0.2) is 0 Å². The van der Waals surface area contributed by atoms with Crippen LogP contribution in [0.3, 0.4) is 0 Å². The molecule has 1 heterocycles. The van der Waals surface area contributed by atoms with Crippen molar-refractivity contribution in [2.75, 3.05) is 6.61 Å². The summed E-state index contributed by atoms with van der Waals surface area (Å²) in [6, 6.07) is 0. The Bertz CT molecular complexity index is 74.2. The maximum atomic E-state index is 10.1. The average molecular weight is 103 g/mol. The van der Waals surface area contributed by atoms with Gasteiger partial charge in [-0.1, -0.05) is 0 Å². The summed E-state index contributed by atoms with van der Waals surface area (Å²) in [6.07, 6.45) is 0.340. The summed E-state index contributed by atoms with van der Waals surface area (Å²) in [6.45, 7) is 0.402. The fourth-order valence-electron chi connectivity index (χ4n) is 0.303. The van der Waals surface area contributed by atoms with Crippen molar-refractivity contribution in [3.8, 4) is 0 Å². The Morgan fingerprint density at radius 3 is 2.86 bits per heavy atom. The molecule has 40 valence electrons. The second kappa shape index (κ2) is 1.90. The molecule has 1 saturated heterocycles.